The summed E-state index contributed by atoms with van der Waals surface area (Å²) in [5.41, 5.74) is 1.29. The first-order valence-corrected chi connectivity index (χ1v) is 10.6. The van der Waals surface area contributed by atoms with Gasteiger partial charge < -0.3 is 24.5 Å². The minimum absolute atomic E-state index is 0.0161. The Morgan fingerprint density at radius 2 is 2.07 bits per heavy atom. The maximum atomic E-state index is 12.7. The number of amides is 1. The summed E-state index contributed by atoms with van der Waals surface area (Å²) in [6, 6.07) is 0. The molecular weight excluding hydrogens is 370 g/mol. The van der Waals surface area contributed by atoms with E-state index < -0.39 is 0 Å². The predicted molar refractivity (Wildman–Crippen MR) is 111 cm³/mol. The SMILES string of the molecule is Cc1noc2ncnc(N3CCC[C@H](C(=O)NCCCN4CCN(C)CC4)C3)c12. The molecule has 2 fully saturated rings. The first-order valence-electron chi connectivity index (χ1n) is 10.6. The van der Waals surface area contributed by atoms with Crippen LogP contribution < -0.4 is 10.2 Å². The third-order valence-electron chi connectivity index (χ3n) is 6.06. The molecule has 0 bridgehead atoms. The number of likely N-dealkylation sites (N-methyl/N-ethyl adjacent to an activating group) is 1. The summed E-state index contributed by atoms with van der Waals surface area (Å²) in [7, 11) is 2.17. The number of piperidine rings is 1. The van der Waals surface area contributed by atoms with E-state index in [-0.39, 0.29) is 11.8 Å². The Hall–Kier alpha value is -2.26. The van der Waals surface area contributed by atoms with Gasteiger partial charge in [-0.3, -0.25) is 4.79 Å². The zero-order chi connectivity index (χ0) is 20.2. The molecule has 2 aliphatic rings. The Balaban J connectivity index is 1.28. The van der Waals surface area contributed by atoms with Crippen LogP contribution in [0.15, 0.2) is 10.9 Å². The van der Waals surface area contributed by atoms with E-state index in [1.54, 1.807) is 0 Å². The smallest absolute Gasteiger partial charge is 0.263 e. The number of rotatable bonds is 6. The molecule has 2 aromatic rings. The van der Waals surface area contributed by atoms with Crippen molar-refractivity contribution in [1.29, 1.82) is 0 Å². The van der Waals surface area contributed by atoms with Crippen molar-refractivity contribution < 1.29 is 9.32 Å². The van der Waals surface area contributed by atoms with Crippen LogP contribution in [0.3, 0.4) is 0 Å². The van der Waals surface area contributed by atoms with Gasteiger partial charge in [-0.05, 0) is 39.8 Å². The topological polar surface area (TPSA) is 90.6 Å². The molecule has 0 aliphatic carbocycles. The van der Waals surface area contributed by atoms with Crippen molar-refractivity contribution >= 4 is 22.8 Å². The van der Waals surface area contributed by atoms with Gasteiger partial charge in [0.1, 0.15) is 17.5 Å². The molecule has 1 amide bonds. The highest BCUT2D eigenvalue weighted by molar-refractivity contribution is 5.88. The summed E-state index contributed by atoms with van der Waals surface area (Å²) in [6.45, 7) is 9.74. The second kappa shape index (κ2) is 9.04. The lowest BCUT2D eigenvalue weighted by atomic mass is 9.97. The summed E-state index contributed by atoms with van der Waals surface area (Å²) in [6.07, 6.45) is 4.38. The molecule has 1 N–H and O–H groups in total. The van der Waals surface area contributed by atoms with Crippen LogP contribution >= 0.6 is 0 Å². The highest BCUT2D eigenvalue weighted by atomic mass is 16.5. The van der Waals surface area contributed by atoms with Gasteiger partial charge >= 0.3 is 0 Å². The molecule has 2 aromatic heterocycles. The van der Waals surface area contributed by atoms with E-state index in [0.29, 0.717) is 12.3 Å². The van der Waals surface area contributed by atoms with Crippen molar-refractivity contribution in [3.63, 3.8) is 0 Å². The van der Waals surface area contributed by atoms with Gasteiger partial charge in [0, 0.05) is 45.8 Å². The van der Waals surface area contributed by atoms with E-state index in [1.807, 2.05) is 6.92 Å². The summed E-state index contributed by atoms with van der Waals surface area (Å²) < 4.78 is 5.26. The standard InChI is InChI=1S/C20H31N7O2/c1-15-17-18(22-14-23-20(17)29-24-15)27-8-3-5-16(13-27)19(28)21-6-4-7-26-11-9-25(2)10-12-26/h14,16H,3-13H2,1-2H3,(H,21,28)/t16-/m0/s1. The Morgan fingerprint density at radius 1 is 1.24 bits per heavy atom. The molecule has 0 unspecified atom stereocenters. The van der Waals surface area contributed by atoms with Crippen LogP contribution in [0.4, 0.5) is 5.82 Å². The van der Waals surface area contributed by atoms with E-state index in [9.17, 15) is 4.79 Å². The van der Waals surface area contributed by atoms with Gasteiger partial charge in [0.2, 0.25) is 5.91 Å². The first-order chi connectivity index (χ1) is 14.1. The summed E-state index contributed by atoms with van der Waals surface area (Å²) in [4.78, 5) is 28.4. The van der Waals surface area contributed by atoms with Crippen LogP contribution in [-0.2, 0) is 4.79 Å². The zero-order valence-corrected chi connectivity index (χ0v) is 17.4. The molecule has 0 aromatic carbocycles. The lowest BCUT2D eigenvalue weighted by Gasteiger charge is -2.33. The predicted octanol–water partition coefficient (Wildman–Crippen LogP) is 0.896. The van der Waals surface area contributed by atoms with Crippen molar-refractivity contribution in [2.75, 3.05) is 64.3 Å². The zero-order valence-electron chi connectivity index (χ0n) is 17.4. The third-order valence-corrected chi connectivity index (χ3v) is 6.06. The van der Waals surface area contributed by atoms with Crippen LogP contribution in [0.2, 0.25) is 0 Å². The molecule has 29 heavy (non-hydrogen) atoms. The van der Waals surface area contributed by atoms with E-state index in [4.69, 9.17) is 4.52 Å². The van der Waals surface area contributed by atoms with E-state index in [0.717, 1.165) is 82.0 Å². The number of fused-ring (bicyclic) bond motifs is 1. The average Bonchev–Trinajstić information content (AvgIpc) is 3.13. The normalized spacial score (nSPS) is 21.6. The number of hydrogen-bond donors (Lipinski definition) is 1. The number of carbonyl (C=O) groups is 1. The number of nitrogens with one attached hydrogen (secondary N) is 1. The molecule has 4 heterocycles. The Bertz CT molecular complexity index is 831. The van der Waals surface area contributed by atoms with Crippen LogP contribution in [0.1, 0.15) is 25.0 Å². The maximum absolute atomic E-state index is 12.7. The van der Waals surface area contributed by atoms with Gasteiger partial charge in [0.05, 0.1) is 11.6 Å². The monoisotopic (exact) mass is 401 g/mol. The van der Waals surface area contributed by atoms with Crippen molar-refractivity contribution in [3.8, 4) is 0 Å². The average molecular weight is 402 g/mol. The summed E-state index contributed by atoms with van der Waals surface area (Å²) >= 11 is 0. The number of nitrogens with zero attached hydrogens (tertiary/aromatic N) is 6. The van der Waals surface area contributed by atoms with Gasteiger partial charge in [-0.1, -0.05) is 5.16 Å². The van der Waals surface area contributed by atoms with Gasteiger partial charge in [-0.25, -0.2) is 4.98 Å². The van der Waals surface area contributed by atoms with Gasteiger partial charge in [-0.15, -0.1) is 0 Å². The fraction of sp³-hybridized carbons (Fsp3) is 0.700. The van der Waals surface area contributed by atoms with Crippen molar-refractivity contribution in [2.45, 2.75) is 26.2 Å². The summed E-state index contributed by atoms with van der Waals surface area (Å²) in [5, 5.41) is 8.01. The molecule has 0 saturated carbocycles. The minimum Gasteiger partial charge on any atom is -0.356 e. The van der Waals surface area contributed by atoms with Crippen LogP contribution in [0.5, 0.6) is 0 Å². The van der Waals surface area contributed by atoms with E-state index in [2.05, 4.69) is 42.2 Å². The van der Waals surface area contributed by atoms with Crippen LogP contribution in [0, 0.1) is 12.8 Å². The number of aromatic nitrogens is 3. The number of aryl methyl sites for hydroxylation is 1. The molecule has 9 heteroatoms. The molecule has 2 saturated heterocycles. The number of hydrogen-bond acceptors (Lipinski definition) is 8. The van der Waals surface area contributed by atoms with Crippen molar-refractivity contribution in [2.24, 2.45) is 5.92 Å². The first kappa shape index (κ1) is 20.0. The van der Waals surface area contributed by atoms with Crippen LogP contribution in [-0.4, -0.2) is 90.2 Å². The van der Waals surface area contributed by atoms with E-state index >= 15 is 0 Å². The van der Waals surface area contributed by atoms with Gasteiger partial charge in [0.25, 0.3) is 5.71 Å². The summed E-state index contributed by atoms with van der Waals surface area (Å²) in [5.74, 6) is 0.958. The molecule has 158 valence electrons. The van der Waals surface area contributed by atoms with E-state index in [1.165, 1.54) is 6.33 Å². The molecule has 0 spiro atoms. The molecule has 2 aliphatic heterocycles. The fourth-order valence-corrected chi connectivity index (χ4v) is 4.26. The second-order valence-electron chi connectivity index (χ2n) is 8.22. The molecule has 0 radical (unpaired) electrons. The van der Waals surface area contributed by atoms with Crippen molar-refractivity contribution in [1.82, 2.24) is 30.2 Å². The second-order valence-corrected chi connectivity index (χ2v) is 8.22. The highest BCUT2D eigenvalue weighted by Crippen LogP contribution is 2.29. The fourth-order valence-electron chi connectivity index (χ4n) is 4.26. The number of carbonyl (C=O) groups excluding carboxylic acids is 1. The largest absolute Gasteiger partial charge is 0.356 e. The minimum atomic E-state index is -0.0161. The molecule has 9 nitrogen and oxygen atoms in total. The van der Waals surface area contributed by atoms with Gasteiger partial charge in [0.15, 0.2) is 0 Å². The molecule has 1 atom stereocenters. The molecule has 4 rings (SSSR count). The Kier molecular flexibility index (Phi) is 6.25. The van der Waals surface area contributed by atoms with Crippen molar-refractivity contribution in [3.05, 3.63) is 12.0 Å². The van der Waals surface area contributed by atoms with Gasteiger partial charge in [-0.2, -0.15) is 4.98 Å². The maximum Gasteiger partial charge on any atom is 0.263 e. The Morgan fingerprint density at radius 3 is 2.90 bits per heavy atom. The number of piperazine rings is 1. The Labute approximate surface area is 171 Å². The quantitative estimate of drug-likeness (QED) is 0.714. The highest BCUT2D eigenvalue weighted by Gasteiger charge is 2.28. The third kappa shape index (κ3) is 4.67. The lowest BCUT2D eigenvalue weighted by Crippen LogP contribution is -2.46. The lowest BCUT2D eigenvalue weighted by molar-refractivity contribution is -0.125. The number of anilines is 1. The van der Waals surface area contributed by atoms with Crippen LogP contribution in [0.25, 0.3) is 11.1 Å². The molecular formula is C20H31N7O2.